The van der Waals surface area contributed by atoms with E-state index in [2.05, 4.69) is 15.7 Å². The molecule has 0 atom stereocenters. The summed E-state index contributed by atoms with van der Waals surface area (Å²) >= 11 is 0. The molecule has 0 bridgehead atoms. The van der Waals surface area contributed by atoms with Gasteiger partial charge in [-0.25, -0.2) is 0 Å². The topological polar surface area (TPSA) is 76.0 Å². The second kappa shape index (κ2) is 7.65. The highest BCUT2D eigenvalue weighted by Crippen LogP contribution is 2.12. The molecule has 26 heavy (non-hydrogen) atoms. The van der Waals surface area contributed by atoms with Crippen LogP contribution >= 0.6 is 0 Å². The van der Waals surface area contributed by atoms with Crippen LogP contribution in [0.5, 0.6) is 0 Å². The molecule has 2 amide bonds. The predicted molar refractivity (Wildman–Crippen MR) is 100.0 cm³/mol. The third-order valence-electron chi connectivity index (χ3n) is 4.09. The zero-order chi connectivity index (χ0) is 18.5. The van der Waals surface area contributed by atoms with Crippen molar-refractivity contribution in [2.75, 3.05) is 5.32 Å². The van der Waals surface area contributed by atoms with Gasteiger partial charge in [0.1, 0.15) is 5.82 Å². The van der Waals surface area contributed by atoms with Gasteiger partial charge in [-0.1, -0.05) is 42.5 Å². The van der Waals surface area contributed by atoms with Crippen molar-refractivity contribution in [1.29, 1.82) is 0 Å². The maximum Gasteiger partial charge on any atom is 0.272 e. The highest BCUT2D eigenvalue weighted by molar-refractivity contribution is 6.04. The number of amides is 2. The number of rotatable bonds is 5. The largest absolute Gasteiger partial charge is 0.347 e. The van der Waals surface area contributed by atoms with Gasteiger partial charge in [0, 0.05) is 25.2 Å². The smallest absolute Gasteiger partial charge is 0.272 e. The Morgan fingerprint density at radius 1 is 1.00 bits per heavy atom. The number of carbonyl (C=O) groups excluding carboxylic acids is 2. The van der Waals surface area contributed by atoms with E-state index in [1.807, 2.05) is 37.3 Å². The highest BCUT2D eigenvalue weighted by Gasteiger charge is 2.15. The molecule has 0 aliphatic rings. The third kappa shape index (κ3) is 3.97. The number of nitrogens with one attached hydrogen (secondary N) is 2. The molecule has 3 rings (SSSR count). The lowest BCUT2D eigenvalue weighted by molar-refractivity contribution is 0.0944. The number of anilines is 1. The van der Waals surface area contributed by atoms with Crippen molar-refractivity contribution in [1.82, 2.24) is 15.1 Å². The summed E-state index contributed by atoms with van der Waals surface area (Å²) in [5.41, 5.74) is 2.96. The summed E-state index contributed by atoms with van der Waals surface area (Å²) in [7, 11) is 1.68. The second-order valence-corrected chi connectivity index (χ2v) is 5.97. The molecular weight excluding hydrogens is 328 g/mol. The van der Waals surface area contributed by atoms with Crippen LogP contribution in [0.3, 0.4) is 0 Å². The molecule has 0 unspecified atom stereocenters. The van der Waals surface area contributed by atoms with Crippen LogP contribution in [-0.2, 0) is 13.6 Å². The minimum atomic E-state index is -0.288. The molecule has 1 heterocycles. The van der Waals surface area contributed by atoms with Gasteiger partial charge in [0.25, 0.3) is 11.8 Å². The van der Waals surface area contributed by atoms with E-state index in [0.717, 1.165) is 11.1 Å². The Bertz CT molecular complexity index is 932. The molecule has 0 fully saturated rings. The van der Waals surface area contributed by atoms with E-state index < -0.39 is 0 Å². The summed E-state index contributed by atoms with van der Waals surface area (Å²) < 4.78 is 1.48. The van der Waals surface area contributed by atoms with Crippen LogP contribution < -0.4 is 10.6 Å². The van der Waals surface area contributed by atoms with E-state index in [-0.39, 0.29) is 17.5 Å². The van der Waals surface area contributed by atoms with E-state index in [4.69, 9.17) is 0 Å². The first-order valence-electron chi connectivity index (χ1n) is 8.28. The number of nitrogens with zero attached hydrogens (tertiary/aromatic N) is 2. The van der Waals surface area contributed by atoms with Gasteiger partial charge in [-0.15, -0.1) is 0 Å². The fraction of sp³-hybridized carbons (Fsp3) is 0.150. The summed E-state index contributed by atoms with van der Waals surface area (Å²) in [4.78, 5) is 24.6. The van der Waals surface area contributed by atoms with Crippen LogP contribution in [0.2, 0.25) is 0 Å². The number of benzene rings is 2. The molecule has 1 aromatic heterocycles. The Labute approximate surface area is 151 Å². The standard InChI is InChI=1S/C20H20N4O2/c1-14-8-6-7-11-16(14)13-21-20(26)17-12-18(24(2)23-17)22-19(25)15-9-4-3-5-10-15/h3-12H,13H2,1-2H3,(H,21,26)(H,22,25). The molecule has 132 valence electrons. The Hall–Kier alpha value is -3.41. The summed E-state index contributed by atoms with van der Waals surface area (Å²) in [6, 6.07) is 18.3. The number of hydrogen-bond acceptors (Lipinski definition) is 3. The van der Waals surface area contributed by atoms with Gasteiger partial charge in [0.05, 0.1) is 0 Å². The van der Waals surface area contributed by atoms with Gasteiger partial charge < -0.3 is 10.6 Å². The molecule has 0 saturated heterocycles. The Kier molecular flexibility index (Phi) is 5.12. The minimum absolute atomic E-state index is 0.250. The number of aryl methyl sites for hydroxylation is 2. The molecule has 6 nitrogen and oxygen atoms in total. The molecule has 2 aromatic carbocycles. The fourth-order valence-electron chi connectivity index (χ4n) is 2.55. The molecule has 0 spiro atoms. The van der Waals surface area contributed by atoms with Crippen LogP contribution in [0.4, 0.5) is 5.82 Å². The molecule has 0 aliphatic carbocycles. The normalized spacial score (nSPS) is 10.4. The van der Waals surface area contributed by atoms with Crippen LogP contribution in [0.15, 0.2) is 60.7 Å². The van der Waals surface area contributed by atoms with Crippen molar-refractivity contribution >= 4 is 17.6 Å². The van der Waals surface area contributed by atoms with E-state index in [1.165, 1.54) is 4.68 Å². The highest BCUT2D eigenvalue weighted by atomic mass is 16.2. The SMILES string of the molecule is Cc1ccccc1CNC(=O)c1cc(NC(=O)c2ccccc2)n(C)n1. The zero-order valence-electron chi connectivity index (χ0n) is 14.7. The average Bonchev–Trinajstić information content (AvgIpc) is 3.02. The Balaban J connectivity index is 1.66. The lowest BCUT2D eigenvalue weighted by Gasteiger charge is -2.06. The number of carbonyl (C=O) groups is 2. The number of hydrogen-bond donors (Lipinski definition) is 2. The van der Waals surface area contributed by atoms with E-state index in [1.54, 1.807) is 37.4 Å². The van der Waals surface area contributed by atoms with Crippen LogP contribution in [-0.4, -0.2) is 21.6 Å². The molecule has 0 radical (unpaired) electrons. The molecule has 3 aromatic rings. The third-order valence-corrected chi connectivity index (χ3v) is 4.09. The first-order valence-corrected chi connectivity index (χ1v) is 8.28. The van der Waals surface area contributed by atoms with Crippen molar-refractivity contribution in [2.45, 2.75) is 13.5 Å². The van der Waals surface area contributed by atoms with Crippen LogP contribution in [0.1, 0.15) is 32.0 Å². The van der Waals surface area contributed by atoms with Gasteiger partial charge >= 0.3 is 0 Å². The quantitative estimate of drug-likeness (QED) is 0.744. The fourth-order valence-corrected chi connectivity index (χ4v) is 2.55. The lowest BCUT2D eigenvalue weighted by Crippen LogP contribution is -2.23. The van der Waals surface area contributed by atoms with Gasteiger partial charge in [-0.05, 0) is 30.2 Å². The van der Waals surface area contributed by atoms with Gasteiger partial charge in [-0.3, -0.25) is 14.3 Å². The summed E-state index contributed by atoms with van der Waals surface area (Å²) in [6.45, 7) is 2.42. The first-order chi connectivity index (χ1) is 12.5. The van der Waals surface area contributed by atoms with Crippen molar-refractivity contribution in [2.24, 2.45) is 7.05 Å². The van der Waals surface area contributed by atoms with E-state index in [9.17, 15) is 9.59 Å². The lowest BCUT2D eigenvalue weighted by atomic mass is 10.1. The Morgan fingerprint density at radius 3 is 2.42 bits per heavy atom. The molecule has 2 N–H and O–H groups in total. The minimum Gasteiger partial charge on any atom is -0.347 e. The van der Waals surface area contributed by atoms with Crippen molar-refractivity contribution in [3.63, 3.8) is 0 Å². The molecule has 0 aliphatic heterocycles. The Morgan fingerprint density at radius 2 is 1.69 bits per heavy atom. The summed E-state index contributed by atoms with van der Waals surface area (Å²) in [5.74, 6) is -0.0792. The monoisotopic (exact) mass is 348 g/mol. The molecular formula is C20H20N4O2. The number of aromatic nitrogens is 2. The van der Waals surface area contributed by atoms with Gasteiger partial charge in [-0.2, -0.15) is 5.10 Å². The molecule has 6 heteroatoms. The van der Waals surface area contributed by atoms with Crippen LogP contribution in [0, 0.1) is 6.92 Å². The molecule has 0 saturated carbocycles. The zero-order valence-corrected chi connectivity index (χ0v) is 14.7. The van der Waals surface area contributed by atoms with Crippen molar-refractivity contribution in [3.8, 4) is 0 Å². The maximum absolute atomic E-state index is 12.4. The predicted octanol–water partition coefficient (Wildman–Crippen LogP) is 2.91. The average molecular weight is 348 g/mol. The van der Waals surface area contributed by atoms with Crippen LogP contribution in [0.25, 0.3) is 0 Å². The first kappa shape index (κ1) is 17.4. The summed E-state index contributed by atoms with van der Waals surface area (Å²) in [5, 5.41) is 9.80. The second-order valence-electron chi connectivity index (χ2n) is 5.97. The van der Waals surface area contributed by atoms with E-state index >= 15 is 0 Å². The van der Waals surface area contributed by atoms with Gasteiger partial charge in [0.15, 0.2) is 5.69 Å². The van der Waals surface area contributed by atoms with Crippen molar-refractivity contribution in [3.05, 3.63) is 83.0 Å². The van der Waals surface area contributed by atoms with Gasteiger partial charge in [0.2, 0.25) is 0 Å². The van der Waals surface area contributed by atoms with Crippen molar-refractivity contribution < 1.29 is 9.59 Å². The summed E-state index contributed by atoms with van der Waals surface area (Å²) in [6.07, 6.45) is 0. The maximum atomic E-state index is 12.4. The van der Waals surface area contributed by atoms with E-state index in [0.29, 0.717) is 17.9 Å².